The number of aromatic nitrogens is 4. The van der Waals surface area contributed by atoms with Gasteiger partial charge in [0.1, 0.15) is 5.67 Å². The zero-order chi connectivity index (χ0) is 21.5. The highest BCUT2D eigenvalue weighted by atomic mass is 35.5. The molecule has 8 nitrogen and oxygen atoms in total. The molecule has 3 aromatic heterocycles. The molecule has 1 amide bonds. The van der Waals surface area contributed by atoms with E-state index in [2.05, 4.69) is 15.1 Å². The van der Waals surface area contributed by atoms with Crippen LogP contribution < -0.4 is 10.6 Å². The number of carbonyl (C=O) groups is 1. The molecule has 0 saturated carbocycles. The van der Waals surface area contributed by atoms with Crippen LogP contribution in [0.2, 0.25) is 5.02 Å². The maximum atomic E-state index is 15.0. The summed E-state index contributed by atoms with van der Waals surface area (Å²) in [5.41, 5.74) is 6.23. The molecule has 0 spiro atoms. The van der Waals surface area contributed by atoms with Crippen LogP contribution in [0, 0.1) is 0 Å². The summed E-state index contributed by atoms with van der Waals surface area (Å²) in [6.45, 7) is 3.93. The highest BCUT2D eigenvalue weighted by Crippen LogP contribution is 2.40. The first-order valence-corrected chi connectivity index (χ1v) is 9.90. The third-order valence-corrected chi connectivity index (χ3v) is 5.28. The molecule has 1 aliphatic heterocycles. The largest absolute Gasteiger partial charge is 0.377 e. The highest BCUT2D eigenvalue weighted by Gasteiger charge is 2.39. The number of carbonyl (C=O) groups excluding carboxylic acids is 1. The fourth-order valence-corrected chi connectivity index (χ4v) is 3.87. The zero-order valence-corrected chi connectivity index (χ0v) is 17.4. The number of halogens is 2. The van der Waals surface area contributed by atoms with Crippen LogP contribution in [0.1, 0.15) is 42.2 Å². The maximum absolute atomic E-state index is 15.0. The van der Waals surface area contributed by atoms with Gasteiger partial charge >= 0.3 is 0 Å². The van der Waals surface area contributed by atoms with E-state index in [1.165, 1.54) is 26.2 Å². The van der Waals surface area contributed by atoms with Crippen molar-refractivity contribution in [3.8, 4) is 0 Å². The number of pyridine rings is 1. The molecule has 0 bridgehead atoms. The summed E-state index contributed by atoms with van der Waals surface area (Å²) in [6.07, 6.45) is 7.97. The lowest BCUT2D eigenvalue weighted by Crippen LogP contribution is -2.52. The van der Waals surface area contributed by atoms with Gasteiger partial charge in [0, 0.05) is 30.6 Å². The van der Waals surface area contributed by atoms with Crippen LogP contribution >= 0.6 is 11.6 Å². The van der Waals surface area contributed by atoms with Crippen LogP contribution in [0.4, 0.5) is 10.1 Å². The molecule has 1 unspecified atom stereocenters. The fourth-order valence-electron chi connectivity index (χ4n) is 3.73. The minimum Gasteiger partial charge on any atom is -0.377 e. The lowest BCUT2D eigenvalue weighted by Gasteiger charge is -2.45. The molecule has 3 aromatic rings. The quantitative estimate of drug-likeness (QED) is 0.616. The Labute approximate surface area is 177 Å². The Morgan fingerprint density at radius 2 is 2.20 bits per heavy atom. The first-order chi connectivity index (χ1) is 14.2. The Balaban J connectivity index is 1.90. The van der Waals surface area contributed by atoms with Crippen LogP contribution in [0.25, 0.3) is 5.65 Å². The number of amides is 1. The summed E-state index contributed by atoms with van der Waals surface area (Å²) in [5, 5.41) is 4.79. The van der Waals surface area contributed by atoms with Crippen molar-refractivity contribution < 1.29 is 13.9 Å². The van der Waals surface area contributed by atoms with Crippen molar-refractivity contribution >= 4 is 28.8 Å². The van der Waals surface area contributed by atoms with E-state index >= 15 is 0 Å². The normalized spacial score (nSPS) is 15.7. The molecule has 1 fully saturated rings. The Bertz CT molecular complexity index is 1080. The number of primary amides is 1. The van der Waals surface area contributed by atoms with Crippen molar-refractivity contribution in [2.24, 2.45) is 5.73 Å². The van der Waals surface area contributed by atoms with E-state index in [1.54, 1.807) is 29.2 Å². The van der Waals surface area contributed by atoms with Gasteiger partial charge in [0.15, 0.2) is 5.65 Å². The molecular formula is C20H22ClFN6O2. The Kier molecular flexibility index (Phi) is 5.33. The fraction of sp³-hybridized carbons (Fsp3) is 0.400. The summed E-state index contributed by atoms with van der Waals surface area (Å²) in [6, 6.07) is 1.16. The number of anilines is 1. The number of hydrogen-bond donors (Lipinski definition) is 1. The number of nitrogens with zero attached hydrogens (tertiary/aromatic N) is 5. The smallest absolute Gasteiger partial charge is 0.252 e. The SMILES string of the molecule is CC(C)(F)CC(c1cnn2cc(Cl)cnc12)N(c1ccncc1C(N)=O)C1COC1. The van der Waals surface area contributed by atoms with Crippen molar-refractivity contribution in [3.05, 3.63) is 53.2 Å². The van der Waals surface area contributed by atoms with E-state index in [0.717, 1.165) is 5.56 Å². The number of fused-ring (bicyclic) bond motifs is 1. The first-order valence-electron chi connectivity index (χ1n) is 9.52. The average Bonchev–Trinajstić information content (AvgIpc) is 3.05. The van der Waals surface area contributed by atoms with Crippen molar-refractivity contribution in [3.63, 3.8) is 0 Å². The van der Waals surface area contributed by atoms with Crippen LogP contribution in [-0.4, -0.2) is 50.4 Å². The third-order valence-electron chi connectivity index (χ3n) is 5.08. The Morgan fingerprint density at radius 1 is 1.43 bits per heavy atom. The number of hydrogen-bond acceptors (Lipinski definition) is 6. The van der Waals surface area contributed by atoms with Gasteiger partial charge in [-0.1, -0.05) is 11.6 Å². The number of rotatable bonds is 7. The molecular weight excluding hydrogens is 411 g/mol. The molecule has 4 rings (SSSR count). The average molecular weight is 433 g/mol. The molecule has 4 heterocycles. The van der Waals surface area contributed by atoms with Crippen LogP contribution in [0.15, 0.2) is 37.1 Å². The predicted molar refractivity (Wildman–Crippen MR) is 110 cm³/mol. The molecule has 1 aliphatic rings. The van der Waals surface area contributed by atoms with Gasteiger partial charge in [-0.3, -0.25) is 9.78 Å². The monoisotopic (exact) mass is 432 g/mol. The summed E-state index contributed by atoms with van der Waals surface area (Å²) < 4.78 is 22.0. The summed E-state index contributed by atoms with van der Waals surface area (Å²) in [7, 11) is 0. The van der Waals surface area contributed by atoms with E-state index in [4.69, 9.17) is 22.1 Å². The lowest BCUT2D eigenvalue weighted by atomic mass is 9.92. The summed E-state index contributed by atoms with van der Waals surface area (Å²) >= 11 is 6.04. The summed E-state index contributed by atoms with van der Waals surface area (Å²) in [5.74, 6) is -0.605. The minimum absolute atomic E-state index is 0.0694. The molecule has 0 radical (unpaired) electrons. The number of alkyl halides is 1. The standard InChI is InChI=1S/C20H22ClFN6O2/c1-20(2,22)5-17(15-8-26-27-9-12(21)6-25-19(15)27)28(13-10-30-11-13)16-3-4-24-7-14(16)18(23)29/h3-4,6-9,13,17H,5,10-11H2,1-2H3,(H2,23,29). The van der Waals surface area contributed by atoms with Gasteiger partial charge in [-0.25, -0.2) is 13.9 Å². The van der Waals surface area contributed by atoms with E-state index in [0.29, 0.717) is 29.6 Å². The molecule has 0 aliphatic carbocycles. The van der Waals surface area contributed by atoms with Crippen molar-refractivity contribution in [1.82, 2.24) is 19.6 Å². The van der Waals surface area contributed by atoms with E-state index in [-0.39, 0.29) is 18.0 Å². The second-order valence-electron chi connectivity index (χ2n) is 7.93. The van der Waals surface area contributed by atoms with Crippen LogP contribution in [0.3, 0.4) is 0 Å². The van der Waals surface area contributed by atoms with E-state index in [9.17, 15) is 9.18 Å². The summed E-state index contributed by atoms with van der Waals surface area (Å²) in [4.78, 5) is 22.5. The third kappa shape index (κ3) is 3.95. The van der Waals surface area contributed by atoms with Crippen LogP contribution in [0.5, 0.6) is 0 Å². The molecule has 158 valence electrons. The molecule has 1 atom stereocenters. The Hall–Kier alpha value is -2.78. The molecule has 30 heavy (non-hydrogen) atoms. The van der Waals surface area contributed by atoms with Gasteiger partial charge in [-0.15, -0.1) is 0 Å². The number of nitrogens with two attached hydrogens (primary N) is 1. The maximum Gasteiger partial charge on any atom is 0.252 e. The topological polar surface area (TPSA) is 98.6 Å². The van der Waals surface area contributed by atoms with Gasteiger partial charge in [0.2, 0.25) is 0 Å². The van der Waals surface area contributed by atoms with Gasteiger partial charge < -0.3 is 15.4 Å². The minimum atomic E-state index is -1.51. The van der Waals surface area contributed by atoms with Gasteiger partial charge in [0.05, 0.1) is 54.0 Å². The van der Waals surface area contributed by atoms with Crippen LogP contribution in [-0.2, 0) is 4.74 Å². The van der Waals surface area contributed by atoms with Crippen molar-refractivity contribution in [1.29, 1.82) is 0 Å². The molecule has 1 saturated heterocycles. The van der Waals surface area contributed by atoms with Crippen molar-refractivity contribution in [2.75, 3.05) is 18.1 Å². The Morgan fingerprint density at radius 3 is 2.83 bits per heavy atom. The highest BCUT2D eigenvalue weighted by molar-refractivity contribution is 6.30. The molecule has 2 N–H and O–H groups in total. The number of ether oxygens (including phenoxy) is 1. The predicted octanol–water partition coefficient (Wildman–Crippen LogP) is 2.96. The molecule has 0 aromatic carbocycles. The zero-order valence-electron chi connectivity index (χ0n) is 16.6. The van der Waals surface area contributed by atoms with Gasteiger partial charge in [-0.2, -0.15) is 5.10 Å². The van der Waals surface area contributed by atoms with E-state index in [1.807, 2.05) is 4.90 Å². The van der Waals surface area contributed by atoms with Gasteiger partial charge in [0.25, 0.3) is 5.91 Å². The second-order valence-corrected chi connectivity index (χ2v) is 8.37. The first kappa shape index (κ1) is 20.5. The lowest BCUT2D eigenvalue weighted by molar-refractivity contribution is 0.00236. The second kappa shape index (κ2) is 7.81. The van der Waals surface area contributed by atoms with Crippen molar-refractivity contribution in [2.45, 2.75) is 38.0 Å². The van der Waals surface area contributed by atoms with Gasteiger partial charge in [-0.05, 0) is 19.9 Å². The van der Waals surface area contributed by atoms with E-state index < -0.39 is 17.6 Å². The molecule has 10 heteroatoms.